The molecule has 0 N–H and O–H groups in total. The van der Waals surface area contributed by atoms with Crippen molar-refractivity contribution in [2.75, 3.05) is 26.1 Å². The summed E-state index contributed by atoms with van der Waals surface area (Å²) in [5.74, 6) is 0.742. The van der Waals surface area contributed by atoms with Gasteiger partial charge in [-0.15, -0.1) is 0 Å². The first-order valence-corrected chi connectivity index (χ1v) is 6.11. The van der Waals surface area contributed by atoms with Crippen LogP contribution in [0.25, 0.3) is 0 Å². The van der Waals surface area contributed by atoms with Crippen molar-refractivity contribution >= 4 is 10.8 Å². The molecule has 1 rings (SSSR count). The van der Waals surface area contributed by atoms with Crippen molar-refractivity contribution in [2.45, 2.75) is 31.1 Å². The highest BCUT2D eigenvalue weighted by Crippen LogP contribution is 2.19. The summed E-state index contributed by atoms with van der Waals surface area (Å²) < 4.78 is 22.0. The van der Waals surface area contributed by atoms with Crippen molar-refractivity contribution in [2.24, 2.45) is 0 Å². The molecule has 0 bridgehead atoms. The van der Waals surface area contributed by atoms with Gasteiger partial charge in [0.15, 0.2) is 0 Å². The maximum absolute atomic E-state index is 11.7. The summed E-state index contributed by atoms with van der Waals surface area (Å²) in [5.41, 5.74) is 0. The first-order chi connectivity index (χ1) is 6.25. The summed E-state index contributed by atoms with van der Waals surface area (Å²) in [6, 6.07) is 0. The second-order valence-corrected chi connectivity index (χ2v) is 5.11. The number of ether oxygens (including phenoxy) is 2. The molecule has 0 aromatic heterocycles. The molecular weight excluding hydrogens is 188 g/mol. The maximum atomic E-state index is 11.7. The van der Waals surface area contributed by atoms with Gasteiger partial charge >= 0.3 is 0 Å². The van der Waals surface area contributed by atoms with Crippen molar-refractivity contribution in [1.29, 1.82) is 0 Å². The van der Waals surface area contributed by atoms with Gasteiger partial charge in [0.05, 0.1) is 11.4 Å². The molecule has 1 aliphatic rings. The molecule has 0 radical (unpaired) electrons. The molecule has 78 valence electrons. The number of methoxy groups -OCH3 is 1. The smallest absolute Gasteiger partial charge is 0.0691 e. The van der Waals surface area contributed by atoms with E-state index in [0.29, 0.717) is 6.61 Å². The zero-order valence-corrected chi connectivity index (χ0v) is 9.14. The first kappa shape index (κ1) is 11.1. The molecule has 4 heteroatoms. The Kier molecular flexibility index (Phi) is 4.91. The Balaban J connectivity index is 2.22. The van der Waals surface area contributed by atoms with Gasteiger partial charge in [0.1, 0.15) is 0 Å². The Morgan fingerprint density at radius 3 is 2.92 bits per heavy atom. The van der Waals surface area contributed by atoms with Gasteiger partial charge in [0, 0.05) is 36.9 Å². The second-order valence-electron chi connectivity index (χ2n) is 3.33. The third-order valence-corrected chi connectivity index (χ3v) is 4.32. The second kappa shape index (κ2) is 5.73. The molecule has 13 heavy (non-hydrogen) atoms. The van der Waals surface area contributed by atoms with Crippen molar-refractivity contribution in [3.63, 3.8) is 0 Å². The molecule has 0 saturated carbocycles. The van der Waals surface area contributed by atoms with E-state index in [-0.39, 0.29) is 11.4 Å². The average molecular weight is 206 g/mol. The molecule has 1 heterocycles. The largest absolute Gasteiger partial charge is 0.385 e. The fourth-order valence-corrected chi connectivity index (χ4v) is 3.12. The van der Waals surface area contributed by atoms with E-state index in [4.69, 9.17) is 9.47 Å². The average Bonchev–Trinajstić information content (AvgIpc) is 2.52. The Morgan fingerprint density at radius 1 is 1.62 bits per heavy atom. The van der Waals surface area contributed by atoms with Crippen LogP contribution in [0.15, 0.2) is 0 Å². The van der Waals surface area contributed by atoms with Crippen LogP contribution in [0.3, 0.4) is 0 Å². The molecule has 3 atom stereocenters. The lowest BCUT2D eigenvalue weighted by molar-refractivity contribution is 0.127. The third-order valence-electron chi connectivity index (χ3n) is 2.34. The normalized spacial score (nSPS) is 30.6. The Labute approximate surface area is 82.3 Å². The highest BCUT2D eigenvalue weighted by molar-refractivity contribution is 7.85. The van der Waals surface area contributed by atoms with E-state index in [1.54, 1.807) is 7.11 Å². The standard InChI is InChI=1S/C9H18O3S/c1-8-9(4-6-12-8)13(10)7-3-5-11-2/h8-9H,3-7H2,1-2H3/t8-,9+,13-/m0/s1. The summed E-state index contributed by atoms with van der Waals surface area (Å²) in [7, 11) is 0.939. The lowest BCUT2D eigenvalue weighted by Gasteiger charge is -2.13. The Hall–Kier alpha value is 0.0700. The predicted molar refractivity (Wildman–Crippen MR) is 53.3 cm³/mol. The summed E-state index contributed by atoms with van der Waals surface area (Å²) in [6.07, 6.45) is 2.00. The van der Waals surface area contributed by atoms with Gasteiger partial charge in [0.2, 0.25) is 0 Å². The zero-order valence-electron chi connectivity index (χ0n) is 8.32. The molecule has 1 fully saturated rings. The van der Waals surface area contributed by atoms with Crippen molar-refractivity contribution in [3.8, 4) is 0 Å². The molecule has 0 aromatic carbocycles. The van der Waals surface area contributed by atoms with Crippen molar-refractivity contribution < 1.29 is 13.7 Å². The van der Waals surface area contributed by atoms with Gasteiger partial charge in [-0.25, -0.2) is 0 Å². The van der Waals surface area contributed by atoms with Crippen LogP contribution in [-0.4, -0.2) is 41.6 Å². The SMILES string of the molecule is COCCC[S@](=O)[C@@H]1CCO[C@H]1C. The number of rotatable bonds is 5. The number of hydrogen-bond acceptors (Lipinski definition) is 3. The Bertz CT molecular complexity index is 172. The lowest BCUT2D eigenvalue weighted by Crippen LogP contribution is -2.25. The van der Waals surface area contributed by atoms with Crippen molar-refractivity contribution in [1.82, 2.24) is 0 Å². The molecule has 0 amide bonds. The van der Waals surface area contributed by atoms with Crippen LogP contribution in [0, 0.1) is 0 Å². The molecule has 1 aliphatic heterocycles. The van der Waals surface area contributed by atoms with Gasteiger partial charge < -0.3 is 9.47 Å². The summed E-state index contributed by atoms with van der Waals surface area (Å²) in [5, 5.41) is 0.247. The number of hydrogen-bond donors (Lipinski definition) is 0. The summed E-state index contributed by atoms with van der Waals surface area (Å²) in [6.45, 7) is 3.47. The molecule has 0 spiro atoms. The van der Waals surface area contributed by atoms with Gasteiger partial charge in [-0.1, -0.05) is 0 Å². The van der Waals surface area contributed by atoms with E-state index in [1.807, 2.05) is 6.92 Å². The minimum Gasteiger partial charge on any atom is -0.385 e. The predicted octanol–water partition coefficient (Wildman–Crippen LogP) is 0.949. The maximum Gasteiger partial charge on any atom is 0.0691 e. The van der Waals surface area contributed by atoms with Gasteiger partial charge in [-0.2, -0.15) is 0 Å². The van der Waals surface area contributed by atoms with Gasteiger partial charge in [0.25, 0.3) is 0 Å². The highest BCUT2D eigenvalue weighted by atomic mass is 32.2. The topological polar surface area (TPSA) is 35.5 Å². The van der Waals surface area contributed by atoms with E-state index in [0.717, 1.165) is 25.2 Å². The summed E-state index contributed by atoms with van der Waals surface area (Å²) in [4.78, 5) is 0. The van der Waals surface area contributed by atoms with E-state index < -0.39 is 10.8 Å². The van der Waals surface area contributed by atoms with E-state index >= 15 is 0 Å². The first-order valence-electron chi connectivity index (χ1n) is 4.73. The van der Waals surface area contributed by atoms with Crippen LogP contribution in [0.4, 0.5) is 0 Å². The lowest BCUT2D eigenvalue weighted by atomic mass is 10.3. The van der Waals surface area contributed by atoms with Gasteiger partial charge in [-0.05, 0) is 19.8 Å². The third kappa shape index (κ3) is 3.37. The monoisotopic (exact) mass is 206 g/mol. The minimum atomic E-state index is -0.732. The molecule has 1 saturated heterocycles. The van der Waals surface area contributed by atoms with Crippen LogP contribution in [0.1, 0.15) is 19.8 Å². The fraction of sp³-hybridized carbons (Fsp3) is 1.00. The molecule has 0 aliphatic carbocycles. The van der Waals surface area contributed by atoms with Crippen LogP contribution in [0.2, 0.25) is 0 Å². The van der Waals surface area contributed by atoms with Crippen molar-refractivity contribution in [3.05, 3.63) is 0 Å². The van der Waals surface area contributed by atoms with Crippen LogP contribution < -0.4 is 0 Å². The zero-order chi connectivity index (χ0) is 9.68. The highest BCUT2D eigenvalue weighted by Gasteiger charge is 2.28. The molecule has 0 aromatic rings. The molecule has 3 nitrogen and oxygen atoms in total. The Morgan fingerprint density at radius 2 is 2.38 bits per heavy atom. The van der Waals surface area contributed by atoms with Crippen LogP contribution in [0.5, 0.6) is 0 Å². The van der Waals surface area contributed by atoms with Gasteiger partial charge in [-0.3, -0.25) is 4.21 Å². The fourth-order valence-electron chi connectivity index (χ4n) is 1.55. The molecule has 0 unspecified atom stereocenters. The quantitative estimate of drug-likeness (QED) is 0.628. The van der Waals surface area contributed by atoms with E-state index in [2.05, 4.69) is 0 Å². The van der Waals surface area contributed by atoms with E-state index in [1.165, 1.54) is 0 Å². The molecular formula is C9H18O3S. The summed E-state index contributed by atoms with van der Waals surface area (Å²) >= 11 is 0. The van der Waals surface area contributed by atoms with Crippen LogP contribution in [-0.2, 0) is 20.3 Å². The minimum absolute atomic E-state index is 0.170. The van der Waals surface area contributed by atoms with E-state index in [9.17, 15) is 4.21 Å². The van der Waals surface area contributed by atoms with Crippen LogP contribution >= 0.6 is 0 Å².